The number of hydrogen-bond donors (Lipinski definition) is 1. The topological polar surface area (TPSA) is 84.9 Å². The van der Waals surface area contributed by atoms with Crippen LogP contribution in [-0.2, 0) is 19.9 Å². The standard InChI is InChI=1S/C21H22N2O5/c1-4-27-19(25)17-21(3,16-8-6-5-7-9-16)28-20(26)23(17)22-18(24)15-12-10-14(2)11-13-15/h5-13,17H,4H2,1-3H3,(H,22,24)/t17-,21-/m1/s1. The molecule has 1 N–H and O–H groups in total. The molecule has 7 nitrogen and oxygen atoms in total. The van der Waals surface area contributed by atoms with Crippen LogP contribution < -0.4 is 5.43 Å². The maximum absolute atomic E-state index is 12.7. The van der Waals surface area contributed by atoms with Crippen molar-refractivity contribution in [3.05, 3.63) is 71.3 Å². The fraction of sp³-hybridized carbons (Fsp3) is 0.286. The van der Waals surface area contributed by atoms with Crippen LogP contribution in [-0.4, -0.2) is 35.6 Å². The predicted molar refractivity (Wildman–Crippen MR) is 101 cm³/mol. The summed E-state index contributed by atoms with van der Waals surface area (Å²) in [6.07, 6.45) is -0.829. The molecule has 1 aliphatic rings. The monoisotopic (exact) mass is 382 g/mol. The lowest BCUT2D eigenvalue weighted by Gasteiger charge is -2.30. The van der Waals surface area contributed by atoms with Crippen molar-refractivity contribution in [1.82, 2.24) is 10.4 Å². The molecular weight excluding hydrogens is 360 g/mol. The third-order valence-corrected chi connectivity index (χ3v) is 4.67. The van der Waals surface area contributed by atoms with Crippen molar-refractivity contribution in [2.24, 2.45) is 0 Å². The van der Waals surface area contributed by atoms with Crippen molar-refractivity contribution in [3.8, 4) is 0 Å². The maximum Gasteiger partial charge on any atom is 0.430 e. The van der Waals surface area contributed by atoms with Gasteiger partial charge in [-0.1, -0.05) is 48.0 Å². The largest absolute Gasteiger partial charge is 0.464 e. The first-order chi connectivity index (χ1) is 13.4. The zero-order valence-corrected chi connectivity index (χ0v) is 16.0. The smallest absolute Gasteiger partial charge is 0.430 e. The number of carbonyl (C=O) groups excluding carboxylic acids is 3. The highest BCUT2D eigenvalue weighted by atomic mass is 16.6. The van der Waals surface area contributed by atoms with Gasteiger partial charge < -0.3 is 9.47 Å². The summed E-state index contributed by atoms with van der Waals surface area (Å²) in [5.74, 6) is -1.19. The lowest BCUT2D eigenvalue weighted by molar-refractivity contribution is -0.152. The van der Waals surface area contributed by atoms with E-state index in [0.717, 1.165) is 10.6 Å². The second-order valence-electron chi connectivity index (χ2n) is 6.67. The van der Waals surface area contributed by atoms with E-state index in [0.29, 0.717) is 11.1 Å². The van der Waals surface area contributed by atoms with Crippen LogP contribution in [0.2, 0.25) is 0 Å². The van der Waals surface area contributed by atoms with E-state index in [9.17, 15) is 14.4 Å². The molecule has 0 unspecified atom stereocenters. The van der Waals surface area contributed by atoms with Crippen molar-refractivity contribution in [3.63, 3.8) is 0 Å². The Hall–Kier alpha value is -3.35. The van der Waals surface area contributed by atoms with E-state index in [-0.39, 0.29) is 6.61 Å². The second-order valence-corrected chi connectivity index (χ2v) is 6.67. The summed E-state index contributed by atoms with van der Waals surface area (Å²) in [5.41, 5.74) is 3.16. The molecule has 1 aliphatic heterocycles. The third-order valence-electron chi connectivity index (χ3n) is 4.67. The molecule has 2 atom stereocenters. The van der Waals surface area contributed by atoms with Gasteiger partial charge in [0, 0.05) is 5.56 Å². The van der Waals surface area contributed by atoms with E-state index >= 15 is 0 Å². The van der Waals surface area contributed by atoms with Crippen LogP contribution >= 0.6 is 0 Å². The number of cyclic esters (lactones) is 1. The Bertz CT molecular complexity index is 881. The summed E-state index contributed by atoms with van der Waals surface area (Å²) < 4.78 is 10.7. The van der Waals surface area contributed by atoms with Crippen LogP contribution in [0.1, 0.15) is 35.3 Å². The zero-order valence-electron chi connectivity index (χ0n) is 16.0. The fourth-order valence-corrected chi connectivity index (χ4v) is 3.16. The van der Waals surface area contributed by atoms with E-state index in [1.807, 2.05) is 13.0 Å². The van der Waals surface area contributed by atoms with Crippen LogP contribution in [0, 0.1) is 6.92 Å². The molecule has 1 saturated heterocycles. The summed E-state index contributed by atoms with van der Waals surface area (Å²) in [6, 6.07) is 14.6. The summed E-state index contributed by atoms with van der Waals surface area (Å²) in [5, 5.41) is 0.910. The van der Waals surface area contributed by atoms with Gasteiger partial charge in [0.1, 0.15) is 0 Å². The van der Waals surface area contributed by atoms with Gasteiger partial charge in [-0.25, -0.2) is 9.59 Å². The Morgan fingerprint density at radius 2 is 1.79 bits per heavy atom. The minimum atomic E-state index is -1.31. The van der Waals surface area contributed by atoms with Crippen LogP contribution in [0.5, 0.6) is 0 Å². The Kier molecular flexibility index (Phi) is 5.35. The van der Waals surface area contributed by atoms with Gasteiger partial charge in [-0.2, -0.15) is 5.01 Å². The van der Waals surface area contributed by atoms with E-state index in [2.05, 4.69) is 5.43 Å². The van der Waals surface area contributed by atoms with Gasteiger partial charge in [-0.15, -0.1) is 0 Å². The number of ether oxygens (including phenoxy) is 2. The minimum Gasteiger partial charge on any atom is -0.464 e. The Labute approximate surface area is 163 Å². The molecule has 2 amide bonds. The number of benzene rings is 2. The predicted octanol–water partition coefficient (Wildman–Crippen LogP) is 2.94. The van der Waals surface area contributed by atoms with Crippen LogP contribution in [0.15, 0.2) is 54.6 Å². The van der Waals surface area contributed by atoms with Crippen molar-refractivity contribution in [1.29, 1.82) is 0 Å². The van der Waals surface area contributed by atoms with Gasteiger partial charge >= 0.3 is 12.1 Å². The average molecular weight is 382 g/mol. The molecule has 28 heavy (non-hydrogen) atoms. The molecule has 0 saturated carbocycles. The normalized spacial score (nSPS) is 21.2. The Morgan fingerprint density at radius 3 is 2.39 bits per heavy atom. The fourth-order valence-electron chi connectivity index (χ4n) is 3.16. The summed E-state index contributed by atoms with van der Waals surface area (Å²) in [4.78, 5) is 37.9. The number of nitrogens with zero attached hydrogens (tertiary/aromatic N) is 1. The number of rotatable bonds is 5. The minimum absolute atomic E-state index is 0.133. The SMILES string of the molecule is CCOC(=O)[C@H]1N(NC(=O)c2ccc(C)cc2)C(=O)O[C@]1(C)c1ccccc1. The van der Waals surface area contributed by atoms with Crippen LogP contribution in [0.4, 0.5) is 4.79 Å². The molecule has 146 valence electrons. The first-order valence-corrected chi connectivity index (χ1v) is 8.99. The first-order valence-electron chi connectivity index (χ1n) is 8.99. The van der Waals surface area contributed by atoms with Gasteiger partial charge in [0.25, 0.3) is 5.91 Å². The molecule has 7 heteroatoms. The Balaban J connectivity index is 1.94. The summed E-state index contributed by atoms with van der Waals surface area (Å²) in [6.45, 7) is 5.33. The number of nitrogens with one attached hydrogen (secondary N) is 1. The highest BCUT2D eigenvalue weighted by Crippen LogP contribution is 2.38. The van der Waals surface area contributed by atoms with Crippen LogP contribution in [0.3, 0.4) is 0 Å². The maximum atomic E-state index is 12.7. The zero-order chi connectivity index (χ0) is 20.3. The highest BCUT2D eigenvalue weighted by molar-refractivity contribution is 5.96. The molecule has 0 spiro atoms. The number of amides is 2. The highest BCUT2D eigenvalue weighted by Gasteiger charge is 2.57. The van der Waals surface area contributed by atoms with Crippen molar-refractivity contribution >= 4 is 18.0 Å². The number of esters is 1. The number of hydrazine groups is 1. The molecule has 1 heterocycles. The van der Waals surface area contributed by atoms with E-state index < -0.39 is 29.6 Å². The van der Waals surface area contributed by atoms with Gasteiger partial charge in [0.15, 0.2) is 11.6 Å². The molecule has 1 fully saturated rings. The molecule has 0 bridgehead atoms. The molecule has 2 aromatic carbocycles. The lowest BCUT2D eigenvalue weighted by atomic mass is 9.88. The lowest BCUT2D eigenvalue weighted by Crippen LogP contribution is -2.55. The van der Waals surface area contributed by atoms with Crippen LogP contribution in [0.25, 0.3) is 0 Å². The molecular formula is C21H22N2O5. The second kappa shape index (κ2) is 7.72. The molecule has 3 rings (SSSR count). The Morgan fingerprint density at radius 1 is 1.14 bits per heavy atom. The third kappa shape index (κ3) is 3.55. The number of aryl methyl sites for hydroxylation is 1. The summed E-state index contributed by atoms with van der Waals surface area (Å²) in [7, 11) is 0. The molecule has 2 aromatic rings. The van der Waals surface area contributed by atoms with Gasteiger partial charge in [0.2, 0.25) is 0 Å². The van der Waals surface area contributed by atoms with Crippen molar-refractivity contribution in [2.75, 3.05) is 6.61 Å². The molecule has 0 radical (unpaired) electrons. The molecule has 0 aliphatic carbocycles. The van der Waals surface area contributed by atoms with Gasteiger partial charge in [-0.05, 0) is 38.5 Å². The van der Waals surface area contributed by atoms with E-state index in [4.69, 9.17) is 9.47 Å². The van der Waals surface area contributed by atoms with Gasteiger partial charge in [-0.3, -0.25) is 10.2 Å². The van der Waals surface area contributed by atoms with E-state index in [1.54, 1.807) is 62.4 Å². The first kappa shape index (κ1) is 19.4. The average Bonchev–Trinajstić information content (AvgIpc) is 2.94. The molecule has 0 aromatic heterocycles. The number of hydrogen-bond acceptors (Lipinski definition) is 5. The van der Waals surface area contributed by atoms with Gasteiger partial charge in [0.05, 0.1) is 6.61 Å². The van der Waals surface area contributed by atoms with Crippen molar-refractivity contribution < 1.29 is 23.9 Å². The summed E-state index contributed by atoms with van der Waals surface area (Å²) >= 11 is 0. The van der Waals surface area contributed by atoms with Crippen molar-refractivity contribution in [2.45, 2.75) is 32.4 Å². The van der Waals surface area contributed by atoms with E-state index in [1.165, 1.54) is 0 Å². The quantitative estimate of drug-likeness (QED) is 0.804. The number of carbonyl (C=O) groups is 3.